The fourth-order valence-corrected chi connectivity index (χ4v) is 1.63. The highest BCUT2D eigenvalue weighted by atomic mass is 16.3. The lowest BCUT2D eigenvalue weighted by Gasteiger charge is -2.35. The van der Waals surface area contributed by atoms with Crippen LogP contribution in [0.1, 0.15) is 15.9 Å². The molecule has 0 unspecified atom stereocenters. The normalized spacial score (nSPS) is 17.8. The maximum atomic E-state index is 10.4. The second-order valence-corrected chi connectivity index (χ2v) is 3.71. The van der Waals surface area contributed by atoms with Crippen molar-refractivity contribution in [2.45, 2.75) is 12.6 Å². The Hall–Kier alpha value is -1.19. The minimum Gasteiger partial charge on any atom is -0.390 e. The monoisotopic (exact) mass is 191 g/mol. The molecule has 3 nitrogen and oxygen atoms in total. The van der Waals surface area contributed by atoms with Gasteiger partial charge in [0.25, 0.3) is 0 Å². The average molecular weight is 191 g/mol. The molecule has 1 aliphatic heterocycles. The van der Waals surface area contributed by atoms with Crippen molar-refractivity contribution in [3.63, 3.8) is 0 Å². The SMILES string of the molecule is O=Cc1ccc(CN2CC(O)C2)cc1. The fraction of sp³-hybridized carbons (Fsp3) is 0.364. The lowest BCUT2D eigenvalue weighted by Crippen LogP contribution is -2.49. The van der Waals surface area contributed by atoms with Gasteiger partial charge in [-0.15, -0.1) is 0 Å². The molecule has 0 bridgehead atoms. The molecule has 14 heavy (non-hydrogen) atoms. The van der Waals surface area contributed by atoms with Crippen molar-refractivity contribution in [1.29, 1.82) is 0 Å². The van der Waals surface area contributed by atoms with E-state index < -0.39 is 0 Å². The summed E-state index contributed by atoms with van der Waals surface area (Å²) >= 11 is 0. The van der Waals surface area contributed by atoms with E-state index in [1.807, 2.05) is 24.3 Å². The zero-order valence-corrected chi connectivity index (χ0v) is 7.89. The molecule has 2 rings (SSSR count). The van der Waals surface area contributed by atoms with Gasteiger partial charge in [0.2, 0.25) is 0 Å². The van der Waals surface area contributed by atoms with Crippen LogP contribution in [0.3, 0.4) is 0 Å². The van der Waals surface area contributed by atoms with Crippen LogP contribution in [0.4, 0.5) is 0 Å². The number of carbonyl (C=O) groups is 1. The van der Waals surface area contributed by atoms with Gasteiger partial charge in [0.1, 0.15) is 6.29 Å². The lowest BCUT2D eigenvalue weighted by atomic mass is 10.1. The molecule has 0 aliphatic carbocycles. The number of carbonyl (C=O) groups excluding carboxylic acids is 1. The molecule has 1 heterocycles. The van der Waals surface area contributed by atoms with Crippen LogP contribution in [-0.2, 0) is 6.54 Å². The number of aliphatic hydroxyl groups is 1. The van der Waals surface area contributed by atoms with Crippen LogP contribution in [0.5, 0.6) is 0 Å². The van der Waals surface area contributed by atoms with E-state index in [1.54, 1.807) is 0 Å². The number of rotatable bonds is 3. The lowest BCUT2D eigenvalue weighted by molar-refractivity contribution is -0.00286. The maximum absolute atomic E-state index is 10.4. The van der Waals surface area contributed by atoms with Crippen LogP contribution < -0.4 is 0 Å². The summed E-state index contributed by atoms with van der Waals surface area (Å²) in [4.78, 5) is 12.6. The second kappa shape index (κ2) is 3.90. The van der Waals surface area contributed by atoms with Gasteiger partial charge in [-0.05, 0) is 5.56 Å². The van der Waals surface area contributed by atoms with Crippen molar-refractivity contribution in [1.82, 2.24) is 4.90 Å². The van der Waals surface area contributed by atoms with E-state index in [4.69, 9.17) is 5.11 Å². The molecule has 3 heteroatoms. The maximum Gasteiger partial charge on any atom is 0.150 e. The van der Waals surface area contributed by atoms with Gasteiger partial charge in [0.05, 0.1) is 6.10 Å². The molecular formula is C11H13NO2. The Balaban J connectivity index is 1.93. The summed E-state index contributed by atoms with van der Waals surface area (Å²) < 4.78 is 0. The van der Waals surface area contributed by atoms with E-state index in [2.05, 4.69) is 4.90 Å². The fourth-order valence-electron chi connectivity index (χ4n) is 1.63. The van der Waals surface area contributed by atoms with Crippen LogP contribution in [0, 0.1) is 0 Å². The average Bonchev–Trinajstić information content (AvgIpc) is 2.17. The van der Waals surface area contributed by atoms with Gasteiger partial charge in [0.15, 0.2) is 0 Å². The first-order chi connectivity index (χ1) is 6.78. The zero-order valence-electron chi connectivity index (χ0n) is 7.89. The Morgan fingerprint density at radius 3 is 2.50 bits per heavy atom. The Morgan fingerprint density at radius 2 is 2.00 bits per heavy atom. The topological polar surface area (TPSA) is 40.5 Å². The van der Waals surface area contributed by atoms with Crippen LogP contribution in [-0.4, -0.2) is 35.5 Å². The van der Waals surface area contributed by atoms with E-state index in [0.29, 0.717) is 5.56 Å². The molecule has 1 saturated heterocycles. The molecule has 0 radical (unpaired) electrons. The molecule has 1 aromatic carbocycles. The van der Waals surface area contributed by atoms with Crippen molar-refractivity contribution >= 4 is 6.29 Å². The number of benzene rings is 1. The Labute approximate surface area is 83.0 Å². The highest BCUT2D eigenvalue weighted by Gasteiger charge is 2.23. The van der Waals surface area contributed by atoms with Gasteiger partial charge in [-0.2, -0.15) is 0 Å². The number of aliphatic hydroxyl groups excluding tert-OH is 1. The van der Waals surface area contributed by atoms with Crippen LogP contribution in [0.25, 0.3) is 0 Å². The third-order valence-corrected chi connectivity index (χ3v) is 2.46. The Bertz CT molecular complexity index is 315. The number of hydrogen-bond acceptors (Lipinski definition) is 3. The Kier molecular flexibility index (Phi) is 2.61. The van der Waals surface area contributed by atoms with Gasteiger partial charge in [-0.3, -0.25) is 9.69 Å². The standard InChI is InChI=1S/C11H13NO2/c13-8-10-3-1-9(2-4-10)5-12-6-11(14)7-12/h1-4,8,11,14H,5-7H2. The smallest absolute Gasteiger partial charge is 0.150 e. The highest BCUT2D eigenvalue weighted by molar-refractivity contribution is 5.74. The molecule has 0 atom stereocenters. The number of hydrogen-bond donors (Lipinski definition) is 1. The summed E-state index contributed by atoms with van der Waals surface area (Å²) in [6.45, 7) is 2.38. The van der Waals surface area contributed by atoms with Crippen molar-refractivity contribution in [3.05, 3.63) is 35.4 Å². The summed E-state index contributed by atoms with van der Waals surface area (Å²) in [5.41, 5.74) is 1.89. The van der Waals surface area contributed by atoms with E-state index in [0.717, 1.165) is 25.9 Å². The summed E-state index contributed by atoms with van der Waals surface area (Å²) in [6, 6.07) is 7.54. The molecule has 0 aromatic heterocycles. The summed E-state index contributed by atoms with van der Waals surface area (Å²) in [7, 11) is 0. The largest absolute Gasteiger partial charge is 0.390 e. The second-order valence-electron chi connectivity index (χ2n) is 3.71. The van der Waals surface area contributed by atoms with Crippen LogP contribution >= 0.6 is 0 Å². The quantitative estimate of drug-likeness (QED) is 0.714. The summed E-state index contributed by atoms with van der Waals surface area (Å²) in [6.07, 6.45) is 0.696. The number of nitrogens with zero attached hydrogens (tertiary/aromatic N) is 1. The third-order valence-electron chi connectivity index (χ3n) is 2.46. The van der Waals surface area contributed by atoms with Gasteiger partial charge < -0.3 is 5.11 Å². The van der Waals surface area contributed by atoms with Crippen LogP contribution in [0.2, 0.25) is 0 Å². The molecule has 1 N–H and O–H groups in total. The first-order valence-electron chi connectivity index (χ1n) is 4.72. The van der Waals surface area contributed by atoms with E-state index in [9.17, 15) is 4.79 Å². The Morgan fingerprint density at radius 1 is 1.36 bits per heavy atom. The zero-order chi connectivity index (χ0) is 9.97. The van der Waals surface area contributed by atoms with E-state index in [1.165, 1.54) is 5.56 Å². The van der Waals surface area contributed by atoms with Crippen molar-refractivity contribution in [2.75, 3.05) is 13.1 Å². The number of aldehydes is 1. The van der Waals surface area contributed by atoms with Gasteiger partial charge in [0, 0.05) is 25.2 Å². The summed E-state index contributed by atoms with van der Waals surface area (Å²) in [5, 5.41) is 9.09. The minimum atomic E-state index is -0.149. The molecule has 74 valence electrons. The van der Waals surface area contributed by atoms with Crippen molar-refractivity contribution < 1.29 is 9.90 Å². The summed E-state index contributed by atoms with van der Waals surface area (Å²) in [5.74, 6) is 0. The third kappa shape index (κ3) is 2.00. The molecular weight excluding hydrogens is 178 g/mol. The predicted molar refractivity (Wildman–Crippen MR) is 53.1 cm³/mol. The number of β-amino-alcohol motifs (C(OH)–C–C–N with tert-alkyl or cyclic N) is 1. The van der Waals surface area contributed by atoms with Crippen molar-refractivity contribution in [3.8, 4) is 0 Å². The molecule has 0 saturated carbocycles. The van der Waals surface area contributed by atoms with Crippen LogP contribution in [0.15, 0.2) is 24.3 Å². The van der Waals surface area contributed by atoms with Gasteiger partial charge in [-0.25, -0.2) is 0 Å². The first kappa shape index (κ1) is 9.37. The van der Waals surface area contributed by atoms with E-state index >= 15 is 0 Å². The number of likely N-dealkylation sites (tertiary alicyclic amines) is 1. The molecule has 1 aromatic rings. The molecule has 0 amide bonds. The van der Waals surface area contributed by atoms with E-state index in [-0.39, 0.29) is 6.10 Å². The highest BCUT2D eigenvalue weighted by Crippen LogP contribution is 2.13. The van der Waals surface area contributed by atoms with Gasteiger partial charge in [-0.1, -0.05) is 24.3 Å². The van der Waals surface area contributed by atoms with Gasteiger partial charge >= 0.3 is 0 Å². The first-order valence-corrected chi connectivity index (χ1v) is 4.72. The minimum absolute atomic E-state index is 0.149. The molecule has 0 spiro atoms. The predicted octanol–water partition coefficient (Wildman–Crippen LogP) is 0.676. The molecule has 1 aliphatic rings. The van der Waals surface area contributed by atoms with Crippen molar-refractivity contribution in [2.24, 2.45) is 0 Å². The molecule has 1 fully saturated rings.